The normalized spacial score (nSPS) is 26.4. The highest BCUT2D eigenvalue weighted by Gasteiger charge is 2.39. The summed E-state index contributed by atoms with van der Waals surface area (Å²) in [7, 11) is 0. The van der Waals surface area contributed by atoms with Crippen LogP contribution in [0.5, 0.6) is 0 Å². The van der Waals surface area contributed by atoms with E-state index in [1.54, 1.807) is 12.2 Å². The summed E-state index contributed by atoms with van der Waals surface area (Å²) in [6, 6.07) is 0. The monoisotopic (exact) mass is 324 g/mol. The van der Waals surface area contributed by atoms with E-state index in [0.717, 1.165) is 12.8 Å². The predicted octanol–water partition coefficient (Wildman–Crippen LogP) is 2.47. The Labute approximate surface area is 137 Å². The molecule has 0 amide bonds. The fourth-order valence-electron chi connectivity index (χ4n) is 2.82. The van der Waals surface area contributed by atoms with Gasteiger partial charge >= 0.3 is 5.97 Å². The molecule has 0 radical (unpaired) electrons. The molecule has 23 heavy (non-hydrogen) atoms. The molecule has 0 aromatic rings. The van der Waals surface area contributed by atoms with Gasteiger partial charge in [-0.15, -0.1) is 0 Å². The van der Waals surface area contributed by atoms with Gasteiger partial charge in [0.2, 0.25) is 0 Å². The van der Waals surface area contributed by atoms with Crippen molar-refractivity contribution in [3.05, 3.63) is 24.3 Å². The summed E-state index contributed by atoms with van der Waals surface area (Å²) < 4.78 is 0. The lowest BCUT2D eigenvalue weighted by Crippen LogP contribution is -2.19. The van der Waals surface area contributed by atoms with E-state index in [1.165, 1.54) is 0 Å². The quantitative estimate of drug-likeness (QED) is 0.424. The summed E-state index contributed by atoms with van der Waals surface area (Å²) in [5.74, 6) is -1.22. The van der Waals surface area contributed by atoms with E-state index in [4.69, 9.17) is 5.11 Å². The van der Waals surface area contributed by atoms with Crippen LogP contribution in [-0.2, 0) is 9.59 Å². The van der Waals surface area contributed by atoms with Gasteiger partial charge in [-0.25, -0.2) is 0 Å². The van der Waals surface area contributed by atoms with Crippen LogP contribution < -0.4 is 0 Å². The van der Waals surface area contributed by atoms with E-state index < -0.39 is 18.2 Å². The van der Waals surface area contributed by atoms with Crippen LogP contribution in [0.1, 0.15) is 51.9 Å². The number of aliphatic hydroxyl groups excluding tert-OH is 2. The maximum absolute atomic E-state index is 12.0. The molecule has 4 atom stereocenters. The number of carbonyl (C=O) groups is 2. The second-order valence-corrected chi connectivity index (χ2v) is 6.13. The van der Waals surface area contributed by atoms with Crippen LogP contribution in [0, 0.1) is 11.8 Å². The van der Waals surface area contributed by atoms with E-state index in [-0.39, 0.29) is 30.5 Å². The van der Waals surface area contributed by atoms with Crippen molar-refractivity contribution in [2.45, 2.75) is 64.1 Å². The largest absolute Gasteiger partial charge is 0.481 e. The second kappa shape index (κ2) is 10.3. The Balaban J connectivity index is 2.43. The fraction of sp³-hybridized carbons (Fsp3) is 0.667. The van der Waals surface area contributed by atoms with E-state index in [9.17, 15) is 19.8 Å². The molecule has 1 fully saturated rings. The van der Waals surface area contributed by atoms with E-state index >= 15 is 0 Å². The number of carbonyl (C=O) groups excluding carboxylic acids is 1. The molecule has 5 heteroatoms. The number of hydrogen-bond donors (Lipinski definition) is 3. The highest BCUT2D eigenvalue weighted by Crippen LogP contribution is 2.33. The number of carboxylic acid groups (broad SMARTS) is 1. The average Bonchev–Trinajstić information content (AvgIpc) is 2.77. The smallest absolute Gasteiger partial charge is 0.303 e. The minimum atomic E-state index is -0.773. The van der Waals surface area contributed by atoms with Gasteiger partial charge in [0, 0.05) is 24.7 Å². The summed E-state index contributed by atoms with van der Waals surface area (Å²) in [6.45, 7) is 1.87. The van der Waals surface area contributed by atoms with Crippen LogP contribution in [-0.4, -0.2) is 39.3 Å². The van der Waals surface area contributed by atoms with Gasteiger partial charge in [-0.05, 0) is 32.1 Å². The van der Waals surface area contributed by atoms with Gasteiger partial charge in [0.1, 0.15) is 5.78 Å². The summed E-state index contributed by atoms with van der Waals surface area (Å²) in [5, 5.41) is 28.2. The molecule has 0 saturated heterocycles. The van der Waals surface area contributed by atoms with Gasteiger partial charge in [-0.1, -0.05) is 31.2 Å². The SMILES string of the molecule is CC[C@H](O)/C=C/[C@@H]1C(=O)C[C@@H](O)[C@@H]1C/C=C\CCCCC(=O)O. The number of ketones is 1. The molecule has 1 aliphatic carbocycles. The molecule has 0 aromatic heterocycles. The average molecular weight is 324 g/mol. The molecule has 0 bridgehead atoms. The standard InChI is InChI=1S/C18H28O5/c1-2-13(19)10-11-15-14(16(20)12-17(15)21)8-6-4-3-5-7-9-18(22)23/h4,6,10-11,13-16,19-20H,2-3,5,7-9,12H2,1H3,(H,22,23)/b6-4-,11-10+/t13-,14+,15-,16+/m0/s1. The first-order valence-electron chi connectivity index (χ1n) is 8.39. The first-order chi connectivity index (χ1) is 11.0. The molecule has 1 aliphatic rings. The van der Waals surface area contributed by atoms with Crippen molar-refractivity contribution in [3.63, 3.8) is 0 Å². The van der Waals surface area contributed by atoms with Crippen LogP contribution >= 0.6 is 0 Å². The van der Waals surface area contributed by atoms with E-state index in [0.29, 0.717) is 19.3 Å². The highest BCUT2D eigenvalue weighted by atomic mass is 16.4. The maximum atomic E-state index is 12.0. The Morgan fingerprint density at radius 3 is 2.74 bits per heavy atom. The number of aliphatic carboxylic acids is 1. The Kier molecular flexibility index (Phi) is 8.81. The Bertz CT molecular complexity index is 441. The Morgan fingerprint density at radius 1 is 1.35 bits per heavy atom. The zero-order valence-corrected chi connectivity index (χ0v) is 13.7. The Morgan fingerprint density at radius 2 is 2.09 bits per heavy atom. The van der Waals surface area contributed by atoms with Crippen molar-refractivity contribution in [2.24, 2.45) is 11.8 Å². The zero-order valence-electron chi connectivity index (χ0n) is 13.7. The van der Waals surface area contributed by atoms with Gasteiger partial charge in [-0.3, -0.25) is 9.59 Å². The lowest BCUT2D eigenvalue weighted by molar-refractivity contribution is -0.137. The van der Waals surface area contributed by atoms with Crippen molar-refractivity contribution in [2.75, 3.05) is 0 Å². The molecule has 1 rings (SSSR count). The van der Waals surface area contributed by atoms with Crippen LogP contribution in [0.2, 0.25) is 0 Å². The molecule has 1 saturated carbocycles. The first-order valence-corrected chi connectivity index (χ1v) is 8.39. The minimum absolute atomic E-state index is 0.0249. The van der Waals surface area contributed by atoms with Crippen LogP contribution in [0.4, 0.5) is 0 Å². The summed E-state index contributed by atoms with van der Waals surface area (Å²) in [5.41, 5.74) is 0. The number of carboxylic acids is 1. The number of rotatable bonds is 10. The summed E-state index contributed by atoms with van der Waals surface area (Å²) in [4.78, 5) is 22.4. The van der Waals surface area contributed by atoms with Gasteiger partial charge in [-0.2, -0.15) is 0 Å². The number of Topliss-reactive ketones (excluding diaryl/α,β-unsaturated/α-hetero) is 1. The summed E-state index contributed by atoms with van der Waals surface area (Å²) in [6.07, 6.45) is 10.0. The topological polar surface area (TPSA) is 94.8 Å². The van der Waals surface area contributed by atoms with E-state index in [2.05, 4.69) is 0 Å². The molecule has 3 N–H and O–H groups in total. The van der Waals surface area contributed by atoms with Crippen molar-refractivity contribution in [1.29, 1.82) is 0 Å². The van der Waals surface area contributed by atoms with Crippen LogP contribution in [0.15, 0.2) is 24.3 Å². The molecule has 5 nitrogen and oxygen atoms in total. The third-order valence-electron chi connectivity index (χ3n) is 4.28. The third kappa shape index (κ3) is 7.10. The van der Waals surface area contributed by atoms with Gasteiger partial charge in [0.25, 0.3) is 0 Å². The highest BCUT2D eigenvalue weighted by molar-refractivity contribution is 5.86. The van der Waals surface area contributed by atoms with Gasteiger partial charge in [0.15, 0.2) is 0 Å². The molecule has 0 aliphatic heterocycles. The van der Waals surface area contributed by atoms with Crippen LogP contribution in [0.3, 0.4) is 0 Å². The van der Waals surface area contributed by atoms with Crippen molar-refractivity contribution in [3.8, 4) is 0 Å². The first kappa shape index (κ1) is 19.6. The van der Waals surface area contributed by atoms with Crippen molar-refractivity contribution >= 4 is 11.8 Å². The Hall–Kier alpha value is -1.46. The summed E-state index contributed by atoms with van der Waals surface area (Å²) >= 11 is 0. The fourth-order valence-corrected chi connectivity index (χ4v) is 2.82. The lowest BCUT2D eigenvalue weighted by Gasteiger charge is -2.16. The number of unbranched alkanes of at least 4 members (excludes halogenated alkanes) is 2. The van der Waals surface area contributed by atoms with Crippen molar-refractivity contribution in [1.82, 2.24) is 0 Å². The molecule has 0 spiro atoms. The van der Waals surface area contributed by atoms with Crippen LogP contribution in [0.25, 0.3) is 0 Å². The molecule has 130 valence electrons. The molecular weight excluding hydrogens is 296 g/mol. The third-order valence-corrected chi connectivity index (χ3v) is 4.28. The van der Waals surface area contributed by atoms with Gasteiger partial charge < -0.3 is 15.3 Å². The zero-order chi connectivity index (χ0) is 17.2. The number of hydrogen-bond acceptors (Lipinski definition) is 4. The lowest BCUT2D eigenvalue weighted by atomic mass is 9.90. The minimum Gasteiger partial charge on any atom is -0.481 e. The predicted molar refractivity (Wildman–Crippen MR) is 87.9 cm³/mol. The number of allylic oxidation sites excluding steroid dienone is 3. The molecule has 0 aromatic carbocycles. The van der Waals surface area contributed by atoms with E-state index in [1.807, 2.05) is 19.1 Å². The molecular formula is C18H28O5. The van der Waals surface area contributed by atoms with Crippen molar-refractivity contribution < 1.29 is 24.9 Å². The van der Waals surface area contributed by atoms with Gasteiger partial charge in [0.05, 0.1) is 12.2 Å². The molecule has 0 unspecified atom stereocenters. The molecule has 0 heterocycles. The number of aliphatic hydroxyl groups is 2. The second-order valence-electron chi connectivity index (χ2n) is 6.13. The maximum Gasteiger partial charge on any atom is 0.303 e.